The number of halogens is 1. The normalized spacial score (nSPS) is 20.2. The highest BCUT2D eigenvalue weighted by Gasteiger charge is 2.24. The first-order valence-corrected chi connectivity index (χ1v) is 7.65. The summed E-state index contributed by atoms with van der Waals surface area (Å²) >= 11 is 0. The molecule has 4 heteroatoms. The van der Waals surface area contributed by atoms with Gasteiger partial charge >= 0.3 is 0 Å². The number of rotatable bonds is 1. The molecule has 1 aromatic rings. The fraction of sp³-hybridized carbons (Fsp3) is 0.688. The van der Waals surface area contributed by atoms with E-state index in [0.29, 0.717) is 5.12 Å². The minimum Gasteiger partial charge on any atom is -0.296 e. The van der Waals surface area contributed by atoms with E-state index in [1.54, 1.807) is 0 Å². The summed E-state index contributed by atoms with van der Waals surface area (Å²) in [5.74, 6) is 0. The Balaban J connectivity index is 0.000000328. The van der Waals surface area contributed by atoms with Gasteiger partial charge in [0, 0.05) is 45.6 Å². The van der Waals surface area contributed by atoms with Gasteiger partial charge in [0.25, 0.3) is 0 Å². The Morgan fingerprint density at radius 1 is 1.20 bits per heavy atom. The lowest BCUT2D eigenvalue weighted by atomic mass is 9.91. The fourth-order valence-corrected chi connectivity index (χ4v) is 3.16. The number of hydrogen-bond donors (Lipinski definition) is 0. The highest BCUT2D eigenvalue weighted by molar-refractivity contribution is 5.25. The van der Waals surface area contributed by atoms with Crippen LogP contribution in [0.25, 0.3) is 0 Å². The van der Waals surface area contributed by atoms with Crippen molar-refractivity contribution in [3.05, 3.63) is 29.6 Å². The molecule has 0 atom stereocenters. The summed E-state index contributed by atoms with van der Waals surface area (Å²) in [5, 5.41) is 0.500. The molecule has 0 saturated heterocycles. The second-order valence-electron chi connectivity index (χ2n) is 5.94. The highest BCUT2D eigenvalue weighted by atomic mass is 19.2. The van der Waals surface area contributed by atoms with Crippen LogP contribution in [-0.2, 0) is 13.0 Å². The van der Waals surface area contributed by atoms with Crippen molar-refractivity contribution in [2.45, 2.75) is 51.1 Å². The third-order valence-corrected chi connectivity index (χ3v) is 4.14. The molecule has 0 bridgehead atoms. The molecule has 0 unspecified atom stereocenters. The molecule has 0 spiro atoms. The molecule has 3 rings (SSSR count). The predicted octanol–water partition coefficient (Wildman–Crippen LogP) is 3.20. The van der Waals surface area contributed by atoms with Gasteiger partial charge in [-0.05, 0) is 36.5 Å². The first kappa shape index (κ1) is 15.4. The molecule has 1 aromatic heterocycles. The molecule has 1 saturated carbocycles. The molecule has 1 aliphatic carbocycles. The largest absolute Gasteiger partial charge is 0.296 e. The van der Waals surface area contributed by atoms with E-state index in [4.69, 9.17) is 0 Å². The van der Waals surface area contributed by atoms with Gasteiger partial charge in [-0.15, -0.1) is 4.48 Å². The smallest absolute Gasteiger partial charge is 0.0303 e. The van der Waals surface area contributed by atoms with Gasteiger partial charge in [0.05, 0.1) is 0 Å². The van der Waals surface area contributed by atoms with E-state index in [2.05, 4.69) is 16.0 Å². The van der Waals surface area contributed by atoms with Crippen LogP contribution >= 0.6 is 0 Å². The Labute approximate surface area is 121 Å². The Hall–Kier alpha value is -1.00. The van der Waals surface area contributed by atoms with E-state index in [0.717, 1.165) is 12.6 Å². The molecule has 1 aliphatic heterocycles. The van der Waals surface area contributed by atoms with Crippen LogP contribution in [0.2, 0.25) is 0 Å². The van der Waals surface area contributed by atoms with Crippen molar-refractivity contribution in [2.24, 2.45) is 0 Å². The van der Waals surface area contributed by atoms with Crippen molar-refractivity contribution in [1.82, 2.24) is 15.0 Å². The van der Waals surface area contributed by atoms with Gasteiger partial charge in [0.1, 0.15) is 0 Å². The zero-order valence-electron chi connectivity index (χ0n) is 12.7. The molecule has 0 aromatic carbocycles. The summed E-state index contributed by atoms with van der Waals surface area (Å²) in [6, 6.07) is 3.06. The Morgan fingerprint density at radius 3 is 2.60 bits per heavy atom. The average molecular weight is 279 g/mol. The quantitative estimate of drug-likeness (QED) is 0.736. The summed E-state index contributed by atoms with van der Waals surface area (Å²) in [5.41, 5.74) is 2.97. The molecular formula is C16H26FN3. The molecule has 3 nitrogen and oxygen atoms in total. The number of aromatic nitrogens is 1. The lowest BCUT2D eigenvalue weighted by Gasteiger charge is -2.37. The summed E-state index contributed by atoms with van der Waals surface area (Å²) in [7, 11) is 2.67. The van der Waals surface area contributed by atoms with E-state index in [1.807, 2.05) is 12.4 Å². The third kappa shape index (κ3) is 4.53. The maximum Gasteiger partial charge on any atom is 0.0303 e. The predicted molar refractivity (Wildman–Crippen MR) is 80.0 cm³/mol. The van der Waals surface area contributed by atoms with E-state index >= 15 is 0 Å². The van der Waals surface area contributed by atoms with Gasteiger partial charge in [-0.2, -0.15) is 5.12 Å². The summed E-state index contributed by atoms with van der Waals surface area (Å²) in [4.78, 5) is 6.91. The van der Waals surface area contributed by atoms with Crippen LogP contribution in [0.3, 0.4) is 0 Å². The Bertz CT molecular complexity index is 400. The Morgan fingerprint density at radius 2 is 1.90 bits per heavy atom. The van der Waals surface area contributed by atoms with Crippen molar-refractivity contribution in [1.29, 1.82) is 0 Å². The second-order valence-corrected chi connectivity index (χ2v) is 5.94. The minimum absolute atomic E-state index is 0.500. The van der Waals surface area contributed by atoms with E-state index in [1.165, 1.54) is 70.3 Å². The molecule has 0 radical (unpaired) electrons. The van der Waals surface area contributed by atoms with Crippen LogP contribution in [-0.4, -0.2) is 41.7 Å². The van der Waals surface area contributed by atoms with Crippen molar-refractivity contribution in [2.75, 3.05) is 20.6 Å². The molecule has 1 fully saturated rings. The average Bonchev–Trinajstić information content (AvgIpc) is 2.47. The van der Waals surface area contributed by atoms with E-state index in [9.17, 15) is 4.48 Å². The van der Waals surface area contributed by atoms with Gasteiger partial charge < -0.3 is 0 Å². The highest BCUT2D eigenvalue weighted by Crippen LogP contribution is 2.27. The molecule has 20 heavy (non-hydrogen) atoms. The van der Waals surface area contributed by atoms with Gasteiger partial charge in [-0.3, -0.25) is 9.88 Å². The van der Waals surface area contributed by atoms with Crippen molar-refractivity contribution >= 4 is 0 Å². The van der Waals surface area contributed by atoms with Crippen LogP contribution in [0.5, 0.6) is 0 Å². The minimum atomic E-state index is 0.500. The SMILES string of the molecule is CN(C)F.c1cc2c(cn1)CCN(C1CCCCC1)C2. The van der Waals surface area contributed by atoms with Crippen LogP contribution < -0.4 is 0 Å². The summed E-state index contributed by atoms with van der Waals surface area (Å²) in [6.45, 7) is 2.39. The van der Waals surface area contributed by atoms with Crippen molar-refractivity contribution in [3.63, 3.8) is 0 Å². The van der Waals surface area contributed by atoms with E-state index < -0.39 is 0 Å². The third-order valence-electron chi connectivity index (χ3n) is 4.14. The van der Waals surface area contributed by atoms with E-state index in [-0.39, 0.29) is 0 Å². The summed E-state index contributed by atoms with van der Waals surface area (Å²) in [6.07, 6.45) is 12.3. The van der Waals surface area contributed by atoms with Crippen LogP contribution in [0.15, 0.2) is 18.5 Å². The molecule has 0 amide bonds. The van der Waals surface area contributed by atoms with Gasteiger partial charge in [-0.1, -0.05) is 19.3 Å². The number of hydrogen-bond acceptors (Lipinski definition) is 3. The lowest BCUT2D eigenvalue weighted by molar-refractivity contribution is 0.0977. The summed E-state index contributed by atoms with van der Waals surface area (Å²) < 4.78 is 10.8. The van der Waals surface area contributed by atoms with Gasteiger partial charge in [0.2, 0.25) is 0 Å². The van der Waals surface area contributed by atoms with Crippen LogP contribution in [0.4, 0.5) is 4.48 Å². The lowest BCUT2D eigenvalue weighted by Crippen LogP contribution is -2.40. The standard InChI is InChI=1S/C14H20N2.C2H6FN/c1-2-4-14(5-3-1)16-9-7-12-10-15-8-6-13(12)11-16;1-4(2)3/h6,8,10,14H,1-5,7,9,11H2;1-2H3. The van der Waals surface area contributed by atoms with Gasteiger partial charge in [-0.25, -0.2) is 0 Å². The van der Waals surface area contributed by atoms with Crippen molar-refractivity contribution < 1.29 is 4.48 Å². The molecular weight excluding hydrogens is 253 g/mol. The van der Waals surface area contributed by atoms with Crippen LogP contribution in [0.1, 0.15) is 43.2 Å². The zero-order valence-corrected chi connectivity index (χ0v) is 12.7. The molecule has 0 N–H and O–H groups in total. The Kier molecular flexibility index (Phi) is 5.92. The second kappa shape index (κ2) is 7.70. The molecule has 2 aliphatic rings. The maximum atomic E-state index is 10.8. The number of pyridine rings is 1. The van der Waals surface area contributed by atoms with Gasteiger partial charge in [0.15, 0.2) is 0 Å². The number of nitrogens with zero attached hydrogens (tertiary/aromatic N) is 3. The first-order chi connectivity index (χ1) is 9.66. The monoisotopic (exact) mass is 279 g/mol. The topological polar surface area (TPSA) is 19.4 Å². The van der Waals surface area contributed by atoms with Crippen LogP contribution in [0, 0.1) is 0 Å². The fourth-order valence-electron chi connectivity index (χ4n) is 3.16. The number of fused-ring (bicyclic) bond motifs is 1. The first-order valence-electron chi connectivity index (χ1n) is 7.65. The molecule has 2 heterocycles. The molecule has 112 valence electrons. The van der Waals surface area contributed by atoms with Crippen molar-refractivity contribution in [3.8, 4) is 0 Å². The zero-order chi connectivity index (χ0) is 14.4. The maximum absolute atomic E-state index is 10.8.